The number of hydrogen-bond donors (Lipinski definition) is 0. The van der Waals surface area contributed by atoms with E-state index in [0.717, 1.165) is 12.8 Å². The van der Waals surface area contributed by atoms with Crippen molar-refractivity contribution < 1.29 is 18.7 Å². The third kappa shape index (κ3) is 2.21. The summed E-state index contributed by atoms with van der Waals surface area (Å²) in [5, 5.41) is 0. The number of nitrogens with zero attached hydrogens (tertiary/aromatic N) is 1. The fourth-order valence-corrected chi connectivity index (χ4v) is 3.20. The summed E-state index contributed by atoms with van der Waals surface area (Å²) in [5.74, 6) is -0.566. The Morgan fingerprint density at radius 2 is 2.40 bits per heavy atom. The molecule has 1 aromatic carbocycles. The molecular formula is C15H18FNO3. The average molecular weight is 279 g/mol. The van der Waals surface area contributed by atoms with Crippen molar-refractivity contribution in [3.05, 3.63) is 35.6 Å². The van der Waals surface area contributed by atoms with E-state index in [1.165, 1.54) is 12.1 Å². The second-order valence-corrected chi connectivity index (χ2v) is 5.44. The molecule has 0 aliphatic carbocycles. The number of halogens is 1. The van der Waals surface area contributed by atoms with Crippen molar-refractivity contribution in [2.45, 2.75) is 24.5 Å². The van der Waals surface area contributed by atoms with Gasteiger partial charge >= 0.3 is 0 Å². The van der Waals surface area contributed by atoms with Crippen LogP contribution in [0.1, 0.15) is 23.2 Å². The van der Waals surface area contributed by atoms with Gasteiger partial charge < -0.3 is 14.4 Å². The second-order valence-electron chi connectivity index (χ2n) is 5.44. The zero-order chi connectivity index (χ0) is 14.2. The van der Waals surface area contributed by atoms with Crippen LogP contribution in [0.25, 0.3) is 0 Å². The molecule has 0 aromatic heterocycles. The Labute approximate surface area is 117 Å². The number of hydrogen-bond acceptors (Lipinski definition) is 3. The quantitative estimate of drug-likeness (QED) is 0.829. The lowest BCUT2D eigenvalue weighted by atomic mass is 9.96. The van der Waals surface area contributed by atoms with Crippen molar-refractivity contribution in [3.8, 4) is 0 Å². The normalized spacial score (nSPS) is 29.3. The van der Waals surface area contributed by atoms with Crippen molar-refractivity contribution in [1.29, 1.82) is 0 Å². The summed E-state index contributed by atoms with van der Waals surface area (Å²) in [5.41, 5.74) is -0.00697. The first-order valence-corrected chi connectivity index (χ1v) is 6.86. The minimum absolute atomic E-state index is 0.109. The molecule has 1 aromatic rings. The van der Waals surface area contributed by atoms with Crippen molar-refractivity contribution >= 4 is 5.91 Å². The van der Waals surface area contributed by atoms with Crippen molar-refractivity contribution in [1.82, 2.24) is 4.90 Å². The van der Waals surface area contributed by atoms with Gasteiger partial charge in [-0.25, -0.2) is 4.39 Å². The molecule has 0 radical (unpaired) electrons. The van der Waals surface area contributed by atoms with Gasteiger partial charge in [-0.1, -0.05) is 6.07 Å². The molecule has 108 valence electrons. The van der Waals surface area contributed by atoms with Crippen LogP contribution in [0.15, 0.2) is 24.3 Å². The monoisotopic (exact) mass is 279 g/mol. The maximum absolute atomic E-state index is 13.2. The van der Waals surface area contributed by atoms with Gasteiger partial charge in [-0.2, -0.15) is 0 Å². The molecule has 2 saturated heterocycles. The highest BCUT2D eigenvalue weighted by Gasteiger charge is 2.51. The maximum Gasteiger partial charge on any atom is 0.254 e. The molecule has 3 rings (SSSR count). The third-order valence-electron chi connectivity index (χ3n) is 4.21. The second kappa shape index (κ2) is 5.14. The fourth-order valence-electron chi connectivity index (χ4n) is 3.20. The molecule has 0 N–H and O–H groups in total. The minimum Gasteiger partial charge on any atom is -0.377 e. The molecule has 20 heavy (non-hydrogen) atoms. The molecule has 0 unspecified atom stereocenters. The lowest BCUT2D eigenvalue weighted by Crippen LogP contribution is -2.42. The molecule has 5 heteroatoms. The number of rotatable bonds is 2. The number of methoxy groups -OCH3 is 1. The highest BCUT2D eigenvalue weighted by Crippen LogP contribution is 2.37. The van der Waals surface area contributed by atoms with Gasteiger partial charge in [0.05, 0.1) is 13.1 Å². The summed E-state index contributed by atoms with van der Waals surface area (Å²) in [6.45, 7) is 1.72. The van der Waals surface area contributed by atoms with Crippen LogP contribution in [0.5, 0.6) is 0 Å². The Morgan fingerprint density at radius 1 is 1.55 bits per heavy atom. The summed E-state index contributed by atoms with van der Waals surface area (Å²) in [4.78, 5) is 14.2. The van der Waals surface area contributed by atoms with Gasteiger partial charge in [0.25, 0.3) is 5.91 Å². The Morgan fingerprint density at radius 3 is 3.05 bits per heavy atom. The molecule has 1 amide bonds. The van der Waals surface area contributed by atoms with Crippen LogP contribution in [-0.2, 0) is 9.47 Å². The minimum atomic E-state index is -0.398. The van der Waals surface area contributed by atoms with Gasteiger partial charge in [-0.15, -0.1) is 0 Å². The molecule has 2 atom stereocenters. The third-order valence-corrected chi connectivity index (χ3v) is 4.21. The van der Waals surface area contributed by atoms with Crippen LogP contribution in [0.2, 0.25) is 0 Å². The van der Waals surface area contributed by atoms with Gasteiger partial charge in [0.2, 0.25) is 0 Å². The van der Waals surface area contributed by atoms with E-state index < -0.39 is 5.82 Å². The highest BCUT2D eigenvalue weighted by molar-refractivity contribution is 5.94. The van der Waals surface area contributed by atoms with Crippen molar-refractivity contribution in [2.75, 3.05) is 26.8 Å². The standard InChI is InChI=1S/C15H18FNO3/c1-19-13-9-17(10-15(13)6-3-7-20-15)14(18)11-4-2-5-12(16)8-11/h2,4-5,8,13H,3,6-7,9-10H2,1H3/t13-,15-/m0/s1. The fraction of sp³-hybridized carbons (Fsp3) is 0.533. The number of amides is 1. The number of benzene rings is 1. The van der Waals surface area contributed by atoms with Gasteiger partial charge in [-0.3, -0.25) is 4.79 Å². The summed E-state index contributed by atoms with van der Waals surface area (Å²) in [6.07, 6.45) is 1.78. The van der Waals surface area contributed by atoms with E-state index in [1.54, 1.807) is 24.1 Å². The van der Waals surface area contributed by atoms with E-state index in [9.17, 15) is 9.18 Å². The average Bonchev–Trinajstić information content (AvgIpc) is 3.06. The number of carbonyl (C=O) groups excluding carboxylic acids is 1. The Hall–Kier alpha value is -1.46. The molecule has 2 aliphatic rings. The van der Waals surface area contributed by atoms with Gasteiger partial charge in [0.1, 0.15) is 17.5 Å². The Kier molecular flexibility index (Phi) is 3.48. The molecule has 2 fully saturated rings. The van der Waals surface area contributed by atoms with E-state index >= 15 is 0 Å². The van der Waals surface area contributed by atoms with Gasteiger partial charge in [0.15, 0.2) is 0 Å². The van der Waals surface area contributed by atoms with Crippen molar-refractivity contribution in [2.24, 2.45) is 0 Å². The lowest BCUT2D eigenvalue weighted by molar-refractivity contribution is -0.0754. The van der Waals surface area contributed by atoms with Crippen LogP contribution < -0.4 is 0 Å². The van der Waals surface area contributed by atoms with E-state index in [0.29, 0.717) is 25.3 Å². The number of likely N-dealkylation sites (tertiary alicyclic amines) is 1. The first-order valence-electron chi connectivity index (χ1n) is 6.86. The maximum atomic E-state index is 13.2. The van der Waals surface area contributed by atoms with E-state index in [1.807, 2.05) is 0 Å². The zero-order valence-corrected chi connectivity index (χ0v) is 11.5. The Balaban J connectivity index is 1.80. The van der Waals surface area contributed by atoms with Crippen LogP contribution >= 0.6 is 0 Å². The van der Waals surface area contributed by atoms with Crippen LogP contribution in [0, 0.1) is 5.82 Å². The Bertz CT molecular complexity index is 514. The summed E-state index contributed by atoms with van der Waals surface area (Å²) >= 11 is 0. The van der Waals surface area contributed by atoms with Gasteiger partial charge in [0, 0.05) is 19.3 Å². The SMILES string of the molecule is CO[C@H]1CN(C(=O)c2cccc(F)c2)C[C@@]12CCCO2. The first kappa shape index (κ1) is 13.5. The van der Waals surface area contributed by atoms with E-state index in [4.69, 9.17) is 9.47 Å². The molecule has 0 saturated carbocycles. The van der Waals surface area contributed by atoms with Crippen LogP contribution in [-0.4, -0.2) is 49.3 Å². The molecule has 2 aliphatic heterocycles. The summed E-state index contributed by atoms with van der Waals surface area (Å²) in [6, 6.07) is 5.78. The first-order chi connectivity index (χ1) is 9.64. The highest BCUT2D eigenvalue weighted by atomic mass is 19.1. The molecule has 4 nitrogen and oxygen atoms in total. The smallest absolute Gasteiger partial charge is 0.254 e. The van der Waals surface area contributed by atoms with Crippen molar-refractivity contribution in [3.63, 3.8) is 0 Å². The number of ether oxygens (including phenoxy) is 2. The van der Waals surface area contributed by atoms with E-state index in [-0.39, 0.29) is 17.6 Å². The number of carbonyl (C=O) groups is 1. The topological polar surface area (TPSA) is 38.8 Å². The molecule has 0 bridgehead atoms. The van der Waals surface area contributed by atoms with Gasteiger partial charge in [-0.05, 0) is 31.0 Å². The van der Waals surface area contributed by atoms with E-state index in [2.05, 4.69) is 0 Å². The summed E-state index contributed by atoms with van der Waals surface area (Å²) in [7, 11) is 1.64. The van der Waals surface area contributed by atoms with Crippen LogP contribution in [0.3, 0.4) is 0 Å². The lowest BCUT2D eigenvalue weighted by Gasteiger charge is -2.27. The molecule has 2 heterocycles. The van der Waals surface area contributed by atoms with Crippen LogP contribution in [0.4, 0.5) is 4.39 Å². The molecular weight excluding hydrogens is 261 g/mol. The predicted octanol–water partition coefficient (Wildman–Crippen LogP) is 1.85. The largest absolute Gasteiger partial charge is 0.377 e. The predicted molar refractivity (Wildman–Crippen MR) is 71.0 cm³/mol. The molecule has 1 spiro atoms. The summed E-state index contributed by atoms with van der Waals surface area (Å²) < 4.78 is 24.6. The zero-order valence-electron chi connectivity index (χ0n) is 11.5.